The predicted molar refractivity (Wildman–Crippen MR) is 103 cm³/mol. The number of hydrogen-bond donors (Lipinski definition) is 1. The molecule has 0 unspecified atom stereocenters. The molecule has 7 nitrogen and oxygen atoms in total. The second kappa shape index (κ2) is 7.46. The third-order valence-electron chi connectivity index (χ3n) is 4.62. The summed E-state index contributed by atoms with van der Waals surface area (Å²) in [6.45, 7) is 7.29. The Hall–Kier alpha value is -2.77. The van der Waals surface area contributed by atoms with Crippen LogP contribution in [0.25, 0.3) is 6.20 Å². The number of likely N-dealkylation sites (N-methyl/N-ethyl adjacent to an activating group) is 1. The molecule has 27 heavy (non-hydrogen) atoms. The van der Waals surface area contributed by atoms with Gasteiger partial charge >= 0.3 is 0 Å². The Kier molecular flexibility index (Phi) is 5.25. The standard InChI is InChI=1S/C19H25FN6O/c1-11(2)17-19(27)24-16-13(4)22-15(23-18(16)25(17)5)7-6-14-8-21-26(10-14)9-12(3)20/h8-11,17H,6-7H2,1-5H3,(H,24,27)/b12-9+/t17-/m0/s1. The number of rotatable bonds is 5. The zero-order valence-corrected chi connectivity index (χ0v) is 16.3. The first-order valence-corrected chi connectivity index (χ1v) is 9.04. The molecule has 1 amide bonds. The van der Waals surface area contributed by atoms with E-state index in [0.717, 1.165) is 17.1 Å². The summed E-state index contributed by atoms with van der Waals surface area (Å²) in [5, 5.41) is 7.06. The van der Waals surface area contributed by atoms with Gasteiger partial charge in [0.2, 0.25) is 5.91 Å². The van der Waals surface area contributed by atoms with Gasteiger partial charge in [0.25, 0.3) is 0 Å². The normalized spacial score (nSPS) is 17.3. The molecule has 0 saturated carbocycles. The van der Waals surface area contributed by atoms with Crippen LogP contribution < -0.4 is 10.2 Å². The number of nitrogens with zero attached hydrogens (tertiary/aromatic N) is 5. The van der Waals surface area contributed by atoms with E-state index in [-0.39, 0.29) is 23.7 Å². The van der Waals surface area contributed by atoms with Crippen LogP contribution >= 0.6 is 0 Å². The minimum atomic E-state index is -0.303. The van der Waals surface area contributed by atoms with E-state index in [9.17, 15) is 9.18 Å². The maximum Gasteiger partial charge on any atom is 0.247 e. The van der Waals surface area contributed by atoms with Crippen LogP contribution in [0.3, 0.4) is 0 Å². The number of allylic oxidation sites excluding steroid dienone is 1. The molecule has 0 aromatic carbocycles. The van der Waals surface area contributed by atoms with Gasteiger partial charge in [-0.25, -0.2) is 19.0 Å². The smallest absolute Gasteiger partial charge is 0.247 e. The molecule has 1 N–H and O–H groups in total. The minimum Gasteiger partial charge on any atom is -0.346 e. The molecule has 0 saturated heterocycles. The second-order valence-electron chi connectivity index (χ2n) is 7.26. The fourth-order valence-corrected chi connectivity index (χ4v) is 3.40. The molecule has 0 aliphatic carbocycles. The minimum absolute atomic E-state index is 0.0249. The van der Waals surface area contributed by atoms with Crippen LogP contribution in [-0.2, 0) is 17.6 Å². The summed E-state index contributed by atoms with van der Waals surface area (Å²) >= 11 is 0. The Labute approximate surface area is 158 Å². The maximum atomic E-state index is 13.0. The molecule has 2 aromatic heterocycles. The van der Waals surface area contributed by atoms with E-state index < -0.39 is 0 Å². The van der Waals surface area contributed by atoms with E-state index in [2.05, 4.69) is 15.4 Å². The molecule has 1 aliphatic heterocycles. The number of carbonyl (C=O) groups excluding carboxylic acids is 1. The quantitative estimate of drug-likeness (QED) is 0.873. The zero-order chi connectivity index (χ0) is 19.7. The number of halogens is 1. The van der Waals surface area contributed by atoms with Crippen LogP contribution in [-0.4, -0.2) is 38.7 Å². The van der Waals surface area contributed by atoms with Gasteiger partial charge in [0.05, 0.1) is 18.1 Å². The molecule has 144 valence electrons. The average molecular weight is 372 g/mol. The molecule has 1 atom stereocenters. The Balaban J connectivity index is 1.80. The highest BCUT2D eigenvalue weighted by Gasteiger charge is 2.35. The zero-order valence-electron chi connectivity index (χ0n) is 16.3. The summed E-state index contributed by atoms with van der Waals surface area (Å²) in [6.07, 6.45) is 6.15. The van der Waals surface area contributed by atoms with Crippen molar-refractivity contribution in [2.75, 3.05) is 17.3 Å². The van der Waals surface area contributed by atoms with Crippen LogP contribution in [0.5, 0.6) is 0 Å². The van der Waals surface area contributed by atoms with Gasteiger partial charge in [0.1, 0.15) is 23.4 Å². The van der Waals surface area contributed by atoms with Crippen LogP contribution in [0.1, 0.15) is 37.9 Å². The number of hydrogen-bond acceptors (Lipinski definition) is 5. The largest absolute Gasteiger partial charge is 0.346 e. The highest BCUT2D eigenvalue weighted by atomic mass is 19.1. The van der Waals surface area contributed by atoms with Gasteiger partial charge in [-0.05, 0) is 31.7 Å². The number of carbonyl (C=O) groups is 1. The number of aryl methyl sites for hydroxylation is 3. The average Bonchev–Trinajstić information content (AvgIpc) is 3.00. The summed E-state index contributed by atoms with van der Waals surface area (Å²) in [4.78, 5) is 23.6. The predicted octanol–water partition coefficient (Wildman–Crippen LogP) is 2.97. The first-order valence-electron chi connectivity index (χ1n) is 9.04. The monoisotopic (exact) mass is 372 g/mol. The van der Waals surface area contributed by atoms with E-state index in [4.69, 9.17) is 4.98 Å². The molecule has 0 radical (unpaired) electrons. The van der Waals surface area contributed by atoms with E-state index in [1.807, 2.05) is 32.7 Å². The van der Waals surface area contributed by atoms with Gasteiger partial charge in [0.15, 0.2) is 5.82 Å². The van der Waals surface area contributed by atoms with Crippen molar-refractivity contribution < 1.29 is 9.18 Å². The summed E-state index contributed by atoms with van der Waals surface area (Å²) in [7, 11) is 1.90. The van der Waals surface area contributed by atoms with Crippen LogP contribution in [0, 0.1) is 12.8 Å². The molecule has 3 heterocycles. The third-order valence-corrected chi connectivity index (χ3v) is 4.62. The highest BCUT2D eigenvalue weighted by Crippen LogP contribution is 2.33. The van der Waals surface area contributed by atoms with Crippen LogP contribution in [0.15, 0.2) is 18.2 Å². The summed E-state index contributed by atoms with van der Waals surface area (Å²) < 4.78 is 14.4. The summed E-state index contributed by atoms with van der Waals surface area (Å²) in [5.41, 5.74) is 2.41. The first kappa shape index (κ1) is 19.0. The second-order valence-corrected chi connectivity index (χ2v) is 7.26. The molecular weight excluding hydrogens is 347 g/mol. The van der Waals surface area contributed by atoms with Crippen molar-refractivity contribution >= 4 is 23.6 Å². The molecule has 0 fully saturated rings. The number of fused-ring (bicyclic) bond motifs is 1. The van der Waals surface area contributed by atoms with Crippen molar-refractivity contribution in [3.05, 3.63) is 35.3 Å². The molecule has 3 rings (SSSR count). The van der Waals surface area contributed by atoms with E-state index in [0.29, 0.717) is 24.4 Å². The van der Waals surface area contributed by atoms with Crippen LogP contribution in [0.4, 0.5) is 15.9 Å². The number of nitrogens with one attached hydrogen (secondary N) is 1. The van der Waals surface area contributed by atoms with Gasteiger partial charge < -0.3 is 10.2 Å². The fourth-order valence-electron chi connectivity index (χ4n) is 3.40. The van der Waals surface area contributed by atoms with Gasteiger partial charge in [-0.15, -0.1) is 0 Å². The lowest BCUT2D eigenvalue weighted by molar-refractivity contribution is -0.118. The Bertz CT molecular complexity index is 884. The summed E-state index contributed by atoms with van der Waals surface area (Å²) in [6, 6.07) is -0.256. The highest BCUT2D eigenvalue weighted by molar-refractivity contribution is 6.03. The lowest BCUT2D eigenvalue weighted by Crippen LogP contribution is -2.49. The lowest BCUT2D eigenvalue weighted by Gasteiger charge is -2.36. The van der Waals surface area contributed by atoms with Gasteiger partial charge in [-0.3, -0.25) is 4.79 Å². The maximum absolute atomic E-state index is 13.0. The molecular formula is C19H25FN6O. The number of anilines is 2. The topological polar surface area (TPSA) is 75.9 Å². The van der Waals surface area contributed by atoms with Crippen molar-refractivity contribution in [3.63, 3.8) is 0 Å². The molecule has 8 heteroatoms. The molecule has 0 spiro atoms. The number of amides is 1. The summed E-state index contributed by atoms with van der Waals surface area (Å²) in [5.74, 6) is 1.30. The fraction of sp³-hybridized carbons (Fsp3) is 0.474. The van der Waals surface area contributed by atoms with Crippen molar-refractivity contribution in [2.24, 2.45) is 5.92 Å². The molecule has 0 bridgehead atoms. The van der Waals surface area contributed by atoms with E-state index >= 15 is 0 Å². The molecule has 2 aromatic rings. The van der Waals surface area contributed by atoms with Crippen LogP contribution in [0.2, 0.25) is 0 Å². The Morgan fingerprint density at radius 2 is 2.11 bits per heavy atom. The third kappa shape index (κ3) is 3.99. The first-order chi connectivity index (χ1) is 12.8. The van der Waals surface area contributed by atoms with Gasteiger partial charge in [0, 0.05) is 19.7 Å². The number of aromatic nitrogens is 4. The SMILES string of the molecule is C/C(F)=C\n1cc(CCc2nc(C)c3c(n2)N(C)[C@@H](C(C)C)C(=O)N3)cn1. The Morgan fingerprint density at radius 1 is 1.37 bits per heavy atom. The van der Waals surface area contributed by atoms with Crippen molar-refractivity contribution in [3.8, 4) is 0 Å². The van der Waals surface area contributed by atoms with Gasteiger partial charge in [-0.2, -0.15) is 5.10 Å². The van der Waals surface area contributed by atoms with Gasteiger partial charge in [-0.1, -0.05) is 13.8 Å². The molecule has 1 aliphatic rings. The van der Waals surface area contributed by atoms with Crippen molar-refractivity contribution in [2.45, 2.75) is 46.6 Å². The van der Waals surface area contributed by atoms with Crippen molar-refractivity contribution in [1.29, 1.82) is 0 Å². The van der Waals surface area contributed by atoms with E-state index in [1.54, 1.807) is 12.4 Å². The van der Waals surface area contributed by atoms with E-state index in [1.165, 1.54) is 17.8 Å². The Morgan fingerprint density at radius 3 is 2.78 bits per heavy atom. The van der Waals surface area contributed by atoms with Crippen molar-refractivity contribution in [1.82, 2.24) is 19.7 Å². The lowest BCUT2D eigenvalue weighted by atomic mass is 9.99.